The molecule has 114 valence electrons. The number of hydrogen-bond donors (Lipinski definition) is 2. The van der Waals surface area contributed by atoms with E-state index in [2.05, 4.69) is 15.3 Å². The van der Waals surface area contributed by atoms with Gasteiger partial charge in [-0.05, 0) is 38.5 Å². The lowest BCUT2D eigenvalue weighted by molar-refractivity contribution is -0.153. The van der Waals surface area contributed by atoms with Crippen LogP contribution in [0.4, 0.5) is 5.82 Å². The Morgan fingerprint density at radius 1 is 1.29 bits per heavy atom. The topological polar surface area (TPSA) is 84.3 Å². The maximum atomic E-state index is 11.7. The molecule has 1 aliphatic carbocycles. The highest BCUT2D eigenvalue weighted by molar-refractivity contribution is 5.75. The van der Waals surface area contributed by atoms with Crippen molar-refractivity contribution in [2.45, 2.75) is 38.5 Å². The van der Waals surface area contributed by atoms with E-state index in [1.807, 2.05) is 0 Å². The summed E-state index contributed by atoms with van der Waals surface area (Å²) in [5, 5.41) is 12.9. The highest BCUT2D eigenvalue weighted by atomic mass is 16.5. The fourth-order valence-electron chi connectivity index (χ4n) is 3.15. The second kappa shape index (κ2) is 5.97. The van der Waals surface area contributed by atoms with Gasteiger partial charge in [0.05, 0.1) is 5.41 Å². The molecule has 6 heteroatoms. The number of nitrogens with one attached hydrogen (secondary N) is 1. The van der Waals surface area contributed by atoms with Gasteiger partial charge < -0.3 is 15.2 Å². The number of carboxylic acid groups (broad SMARTS) is 1. The SMILES string of the molecule is O=C(O)C1(CNc2ncnc3c2CCCC3)CCOCC1. The van der Waals surface area contributed by atoms with Gasteiger partial charge in [-0.2, -0.15) is 0 Å². The summed E-state index contributed by atoms with van der Waals surface area (Å²) in [4.78, 5) is 20.3. The summed E-state index contributed by atoms with van der Waals surface area (Å²) in [6, 6.07) is 0. The minimum absolute atomic E-state index is 0.398. The van der Waals surface area contributed by atoms with Crippen LogP contribution in [0.25, 0.3) is 0 Å². The first-order chi connectivity index (χ1) is 10.2. The summed E-state index contributed by atoms with van der Waals surface area (Å²) in [5.74, 6) is 0.0630. The molecule has 2 N–H and O–H groups in total. The molecule has 0 bridgehead atoms. The molecule has 1 saturated heterocycles. The number of aromatic nitrogens is 2. The number of aryl methyl sites for hydroxylation is 1. The number of ether oxygens (including phenoxy) is 1. The van der Waals surface area contributed by atoms with E-state index in [1.165, 1.54) is 6.42 Å². The number of aliphatic carboxylic acids is 1. The van der Waals surface area contributed by atoms with Gasteiger partial charge in [0.1, 0.15) is 12.1 Å². The Labute approximate surface area is 123 Å². The van der Waals surface area contributed by atoms with Gasteiger partial charge in [-0.25, -0.2) is 9.97 Å². The Morgan fingerprint density at radius 2 is 2.05 bits per heavy atom. The number of carbonyl (C=O) groups is 1. The van der Waals surface area contributed by atoms with Gasteiger partial charge in [-0.1, -0.05) is 0 Å². The van der Waals surface area contributed by atoms with E-state index < -0.39 is 11.4 Å². The summed E-state index contributed by atoms with van der Waals surface area (Å²) in [5.41, 5.74) is 1.52. The van der Waals surface area contributed by atoms with E-state index in [0.717, 1.165) is 36.3 Å². The summed E-state index contributed by atoms with van der Waals surface area (Å²) < 4.78 is 5.30. The zero-order chi connectivity index (χ0) is 14.7. The van der Waals surface area contributed by atoms with Crippen LogP contribution in [0.5, 0.6) is 0 Å². The molecule has 3 rings (SSSR count). The van der Waals surface area contributed by atoms with Crippen LogP contribution in [-0.4, -0.2) is 40.8 Å². The van der Waals surface area contributed by atoms with E-state index in [1.54, 1.807) is 6.33 Å². The lowest BCUT2D eigenvalue weighted by Crippen LogP contribution is -2.43. The molecule has 6 nitrogen and oxygen atoms in total. The zero-order valence-corrected chi connectivity index (χ0v) is 12.1. The fraction of sp³-hybridized carbons (Fsp3) is 0.667. The van der Waals surface area contributed by atoms with Crippen LogP contribution in [0.3, 0.4) is 0 Å². The van der Waals surface area contributed by atoms with Gasteiger partial charge in [0.2, 0.25) is 0 Å². The summed E-state index contributed by atoms with van der Waals surface area (Å²) in [6.45, 7) is 1.42. The van der Waals surface area contributed by atoms with Crippen molar-refractivity contribution in [1.29, 1.82) is 0 Å². The van der Waals surface area contributed by atoms with Gasteiger partial charge in [-0.3, -0.25) is 4.79 Å². The lowest BCUT2D eigenvalue weighted by Gasteiger charge is -2.33. The van der Waals surface area contributed by atoms with Crippen LogP contribution in [0, 0.1) is 5.41 Å². The minimum Gasteiger partial charge on any atom is -0.481 e. The van der Waals surface area contributed by atoms with Crippen LogP contribution >= 0.6 is 0 Å². The van der Waals surface area contributed by atoms with Crippen molar-refractivity contribution in [1.82, 2.24) is 9.97 Å². The molecule has 1 aromatic rings. The van der Waals surface area contributed by atoms with Gasteiger partial charge in [0.15, 0.2) is 0 Å². The third kappa shape index (κ3) is 2.85. The first-order valence-corrected chi connectivity index (χ1v) is 7.59. The van der Waals surface area contributed by atoms with Crippen molar-refractivity contribution < 1.29 is 14.6 Å². The molecule has 0 radical (unpaired) electrons. The second-order valence-corrected chi connectivity index (χ2v) is 5.91. The number of rotatable bonds is 4. The molecule has 1 aliphatic heterocycles. The van der Waals surface area contributed by atoms with Crippen molar-refractivity contribution in [3.05, 3.63) is 17.6 Å². The van der Waals surface area contributed by atoms with Crippen molar-refractivity contribution in [3.8, 4) is 0 Å². The second-order valence-electron chi connectivity index (χ2n) is 5.91. The van der Waals surface area contributed by atoms with E-state index in [0.29, 0.717) is 32.6 Å². The Bertz CT molecular complexity index is 527. The number of carboxylic acids is 1. The highest BCUT2D eigenvalue weighted by Gasteiger charge is 2.40. The molecular formula is C15H21N3O3. The molecule has 0 unspecified atom stereocenters. The average Bonchev–Trinajstić information content (AvgIpc) is 2.53. The fourth-order valence-corrected chi connectivity index (χ4v) is 3.15. The van der Waals surface area contributed by atoms with Crippen molar-refractivity contribution in [3.63, 3.8) is 0 Å². The normalized spacial score (nSPS) is 20.6. The summed E-state index contributed by atoms with van der Waals surface area (Å²) >= 11 is 0. The lowest BCUT2D eigenvalue weighted by atomic mass is 9.80. The third-order valence-corrected chi connectivity index (χ3v) is 4.62. The smallest absolute Gasteiger partial charge is 0.311 e. The predicted octanol–water partition coefficient (Wildman–Crippen LogP) is 1.65. The van der Waals surface area contributed by atoms with Crippen LogP contribution in [0.1, 0.15) is 36.9 Å². The maximum absolute atomic E-state index is 11.7. The molecule has 0 atom stereocenters. The Hall–Kier alpha value is -1.69. The summed E-state index contributed by atoms with van der Waals surface area (Å²) in [7, 11) is 0. The van der Waals surface area contributed by atoms with Crippen LogP contribution < -0.4 is 5.32 Å². The van der Waals surface area contributed by atoms with Crippen LogP contribution in [0.15, 0.2) is 6.33 Å². The average molecular weight is 291 g/mol. The molecule has 0 aromatic carbocycles. The number of fused-ring (bicyclic) bond motifs is 1. The first kappa shape index (κ1) is 14.3. The third-order valence-electron chi connectivity index (χ3n) is 4.62. The van der Waals surface area contributed by atoms with E-state index in [9.17, 15) is 9.90 Å². The number of hydrogen-bond acceptors (Lipinski definition) is 5. The van der Waals surface area contributed by atoms with Gasteiger partial charge >= 0.3 is 5.97 Å². The molecule has 2 aliphatic rings. The highest BCUT2D eigenvalue weighted by Crippen LogP contribution is 2.32. The van der Waals surface area contributed by atoms with Crippen LogP contribution in [-0.2, 0) is 22.4 Å². The van der Waals surface area contributed by atoms with Gasteiger partial charge in [0, 0.05) is 31.0 Å². The van der Waals surface area contributed by atoms with Crippen molar-refractivity contribution in [2.24, 2.45) is 5.41 Å². The molecule has 21 heavy (non-hydrogen) atoms. The number of nitrogens with zero attached hydrogens (tertiary/aromatic N) is 2. The molecular weight excluding hydrogens is 270 g/mol. The van der Waals surface area contributed by atoms with E-state index >= 15 is 0 Å². The van der Waals surface area contributed by atoms with Crippen LogP contribution in [0.2, 0.25) is 0 Å². The largest absolute Gasteiger partial charge is 0.481 e. The van der Waals surface area contributed by atoms with Crippen molar-refractivity contribution in [2.75, 3.05) is 25.1 Å². The van der Waals surface area contributed by atoms with E-state index in [4.69, 9.17) is 4.74 Å². The van der Waals surface area contributed by atoms with E-state index in [-0.39, 0.29) is 0 Å². The molecule has 2 heterocycles. The summed E-state index contributed by atoms with van der Waals surface area (Å²) in [6.07, 6.45) is 6.94. The first-order valence-electron chi connectivity index (χ1n) is 7.59. The molecule has 0 amide bonds. The quantitative estimate of drug-likeness (QED) is 0.877. The van der Waals surface area contributed by atoms with Gasteiger partial charge in [0.25, 0.3) is 0 Å². The Kier molecular flexibility index (Phi) is 4.05. The van der Waals surface area contributed by atoms with Gasteiger partial charge in [-0.15, -0.1) is 0 Å². The zero-order valence-electron chi connectivity index (χ0n) is 12.1. The number of anilines is 1. The molecule has 0 spiro atoms. The van der Waals surface area contributed by atoms with Crippen molar-refractivity contribution >= 4 is 11.8 Å². The Morgan fingerprint density at radius 3 is 2.81 bits per heavy atom. The molecule has 1 aromatic heterocycles. The monoisotopic (exact) mass is 291 g/mol. The molecule has 1 fully saturated rings. The molecule has 0 saturated carbocycles. The maximum Gasteiger partial charge on any atom is 0.311 e. The Balaban J connectivity index is 1.76. The minimum atomic E-state index is -0.749. The predicted molar refractivity (Wildman–Crippen MR) is 77.3 cm³/mol. The standard InChI is InChI=1S/C15H21N3O3/c19-14(20)15(5-7-21-8-6-15)9-16-13-11-3-1-2-4-12(11)17-10-18-13/h10H,1-9H2,(H,19,20)(H,16,17,18).